The van der Waals surface area contributed by atoms with E-state index in [1.54, 1.807) is 12.1 Å². The quantitative estimate of drug-likeness (QED) is 0.355. The molecule has 176 valence electrons. The molecular weight excluding hydrogens is 461 g/mol. The summed E-state index contributed by atoms with van der Waals surface area (Å²) in [6.45, 7) is 0. The summed E-state index contributed by atoms with van der Waals surface area (Å²) in [6, 6.07) is 27.5. The Morgan fingerprint density at radius 1 is 0.853 bits per heavy atom. The Bertz CT molecular complexity index is 1110. The van der Waals surface area contributed by atoms with Gasteiger partial charge in [0.25, 0.3) is 0 Å². The van der Waals surface area contributed by atoms with Crippen molar-refractivity contribution in [2.45, 2.75) is 51.8 Å². The van der Waals surface area contributed by atoms with E-state index in [9.17, 15) is 23.1 Å². The van der Waals surface area contributed by atoms with E-state index in [2.05, 4.69) is 24.3 Å². The van der Waals surface area contributed by atoms with E-state index in [-0.39, 0.29) is 23.7 Å². The van der Waals surface area contributed by atoms with Crippen molar-refractivity contribution in [1.29, 1.82) is 0 Å². The molecule has 2 aliphatic rings. The minimum absolute atomic E-state index is 0.0377. The Labute approximate surface area is 198 Å². The number of esters is 1. The van der Waals surface area contributed by atoms with Crippen LogP contribution in [0.15, 0.2) is 99.6 Å². The highest BCUT2D eigenvalue weighted by Crippen LogP contribution is 2.57. The second-order valence-corrected chi connectivity index (χ2v) is 11.0. The standard InChI is InChI=1S/C27H24F3O3S/c28-27(29,30)26(32)17-19-15-20(26)16-24(19)33-25(31)18-11-13-23(14-12-18)34(21-7-3-1-4-8-21)22-9-5-2-6-10-22/h1-14,19-20,24,32H,15-17H2/q+1. The number of rotatable bonds is 5. The summed E-state index contributed by atoms with van der Waals surface area (Å²) < 4.78 is 45.3. The Balaban J connectivity index is 1.31. The molecule has 0 amide bonds. The van der Waals surface area contributed by atoms with Gasteiger partial charge in [-0.2, -0.15) is 13.2 Å². The Morgan fingerprint density at radius 3 is 1.85 bits per heavy atom. The van der Waals surface area contributed by atoms with Gasteiger partial charge in [-0.05, 0) is 73.7 Å². The molecule has 7 heteroatoms. The van der Waals surface area contributed by atoms with Gasteiger partial charge < -0.3 is 9.84 Å². The molecule has 0 spiro atoms. The number of hydrogen-bond acceptors (Lipinski definition) is 3. The molecule has 34 heavy (non-hydrogen) atoms. The third-order valence-electron chi connectivity index (χ3n) is 6.91. The lowest BCUT2D eigenvalue weighted by atomic mass is 9.82. The van der Waals surface area contributed by atoms with E-state index in [0.29, 0.717) is 5.56 Å². The summed E-state index contributed by atoms with van der Waals surface area (Å²) in [6.07, 6.45) is -5.40. The van der Waals surface area contributed by atoms with Crippen molar-refractivity contribution in [3.8, 4) is 0 Å². The molecule has 3 nitrogen and oxygen atoms in total. The first-order chi connectivity index (χ1) is 16.3. The number of carbonyl (C=O) groups excluding carboxylic acids is 1. The lowest BCUT2D eigenvalue weighted by molar-refractivity contribution is -0.280. The van der Waals surface area contributed by atoms with E-state index < -0.39 is 42.1 Å². The van der Waals surface area contributed by atoms with Gasteiger partial charge in [0.2, 0.25) is 0 Å². The second kappa shape index (κ2) is 8.78. The highest BCUT2D eigenvalue weighted by molar-refractivity contribution is 7.97. The van der Waals surface area contributed by atoms with Crippen LogP contribution in [0.2, 0.25) is 0 Å². The van der Waals surface area contributed by atoms with Crippen LogP contribution < -0.4 is 0 Å². The summed E-state index contributed by atoms with van der Waals surface area (Å²) in [5, 5.41) is 10.1. The summed E-state index contributed by atoms with van der Waals surface area (Å²) >= 11 is 0. The molecule has 4 unspecified atom stereocenters. The maximum Gasteiger partial charge on any atom is 0.417 e. The minimum atomic E-state index is -4.66. The zero-order chi connectivity index (χ0) is 23.9. The van der Waals surface area contributed by atoms with Crippen molar-refractivity contribution < 1.29 is 27.8 Å². The van der Waals surface area contributed by atoms with E-state index in [0.717, 1.165) is 14.7 Å². The SMILES string of the molecule is O=C(OC1CC2CC1CC2(O)C(F)(F)F)c1ccc([S+](c2ccccc2)c2ccccc2)cc1. The van der Waals surface area contributed by atoms with Crippen LogP contribution in [0.4, 0.5) is 13.2 Å². The number of halogens is 3. The van der Waals surface area contributed by atoms with E-state index in [1.807, 2.05) is 48.5 Å². The number of hydrogen-bond donors (Lipinski definition) is 1. The van der Waals surface area contributed by atoms with Gasteiger partial charge in [-0.3, -0.25) is 0 Å². The average molecular weight is 486 g/mol. The molecule has 3 aromatic rings. The predicted octanol–water partition coefficient (Wildman–Crippen LogP) is 6.03. The zero-order valence-electron chi connectivity index (χ0n) is 18.2. The monoisotopic (exact) mass is 485 g/mol. The van der Waals surface area contributed by atoms with E-state index >= 15 is 0 Å². The van der Waals surface area contributed by atoms with Gasteiger partial charge >= 0.3 is 12.1 Å². The van der Waals surface area contributed by atoms with Crippen molar-refractivity contribution in [1.82, 2.24) is 0 Å². The largest absolute Gasteiger partial charge is 0.458 e. The van der Waals surface area contributed by atoms with Gasteiger partial charge in [0.1, 0.15) is 6.10 Å². The molecule has 0 radical (unpaired) electrons. The lowest BCUT2D eigenvalue weighted by Gasteiger charge is -2.36. The minimum Gasteiger partial charge on any atom is -0.458 e. The summed E-state index contributed by atoms with van der Waals surface area (Å²) in [4.78, 5) is 16.1. The number of benzene rings is 3. The molecule has 5 rings (SSSR count). The van der Waals surface area contributed by atoms with Crippen LogP contribution in [0.3, 0.4) is 0 Å². The summed E-state index contributed by atoms with van der Waals surface area (Å²) in [5.41, 5.74) is -2.30. The van der Waals surface area contributed by atoms with E-state index in [4.69, 9.17) is 4.74 Å². The van der Waals surface area contributed by atoms with Crippen LogP contribution in [0.1, 0.15) is 29.6 Å². The molecule has 4 atom stereocenters. The average Bonchev–Trinajstić information content (AvgIpc) is 3.38. The Hall–Kier alpha value is -2.77. The molecule has 0 aliphatic heterocycles. The van der Waals surface area contributed by atoms with Crippen molar-refractivity contribution in [2.75, 3.05) is 0 Å². The molecule has 0 aromatic heterocycles. The molecule has 0 saturated heterocycles. The number of fused-ring (bicyclic) bond motifs is 2. The van der Waals surface area contributed by atoms with Crippen LogP contribution >= 0.6 is 0 Å². The van der Waals surface area contributed by atoms with Gasteiger partial charge in [-0.25, -0.2) is 4.79 Å². The Morgan fingerprint density at radius 2 is 1.38 bits per heavy atom. The van der Waals surface area contributed by atoms with Crippen molar-refractivity contribution in [3.05, 3.63) is 90.5 Å². The molecule has 2 fully saturated rings. The molecule has 0 heterocycles. The van der Waals surface area contributed by atoms with Gasteiger partial charge in [0.15, 0.2) is 20.3 Å². The lowest BCUT2D eigenvalue weighted by Crippen LogP contribution is -2.51. The molecule has 2 aliphatic carbocycles. The van der Waals surface area contributed by atoms with Crippen LogP contribution in [0.25, 0.3) is 0 Å². The first-order valence-electron chi connectivity index (χ1n) is 11.2. The first kappa shape index (κ1) is 23.0. The highest BCUT2D eigenvalue weighted by Gasteiger charge is 2.67. The fraction of sp³-hybridized carbons (Fsp3) is 0.296. The summed E-state index contributed by atoms with van der Waals surface area (Å²) in [7, 11) is -0.345. The predicted molar refractivity (Wildman–Crippen MR) is 123 cm³/mol. The fourth-order valence-electron chi connectivity index (χ4n) is 5.20. The van der Waals surface area contributed by atoms with Crippen molar-refractivity contribution in [3.63, 3.8) is 0 Å². The maximum atomic E-state index is 13.2. The van der Waals surface area contributed by atoms with Gasteiger partial charge in [0.05, 0.1) is 16.5 Å². The maximum absolute atomic E-state index is 13.2. The first-order valence-corrected chi connectivity index (χ1v) is 12.4. The summed E-state index contributed by atoms with van der Waals surface area (Å²) in [5.74, 6) is -1.93. The van der Waals surface area contributed by atoms with Gasteiger partial charge in [0, 0.05) is 5.92 Å². The van der Waals surface area contributed by atoms with Gasteiger partial charge in [-0.15, -0.1) is 0 Å². The molecule has 2 saturated carbocycles. The zero-order valence-corrected chi connectivity index (χ0v) is 19.1. The molecular formula is C27H24F3O3S+. The van der Waals surface area contributed by atoms with Crippen LogP contribution in [-0.4, -0.2) is 29.0 Å². The Kier molecular flexibility index (Phi) is 5.94. The topological polar surface area (TPSA) is 46.5 Å². The van der Waals surface area contributed by atoms with E-state index in [1.165, 1.54) is 0 Å². The van der Waals surface area contributed by atoms with Gasteiger partial charge in [-0.1, -0.05) is 36.4 Å². The van der Waals surface area contributed by atoms with Crippen molar-refractivity contribution >= 4 is 16.9 Å². The fourth-order valence-corrected chi connectivity index (χ4v) is 7.29. The molecule has 3 aromatic carbocycles. The smallest absolute Gasteiger partial charge is 0.417 e. The normalized spacial score (nSPS) is 26.1. The second-order valence-electron chi connectivity index (χ2n) is 8.95. The number of aliphatic hydroxyl groups is 1. The van der Waals surface area contributed by atoms with Crippen LogP contribution in [0, 0.1) is 11.8 Å². The molecule has 1 N–H and O–H groups in total. The number of alkyl halides is 3. The highest BCUT2D eigenvalue weighted by atomic mass is 32.2. The third-order valence-corrected chi connectivity index (χ3v) is 9.14. The van der Waals surface area contributed by atoms with Crippen LogP contribution in [-0.2, 0) is 15.6 Å². The number of ether oxygens (including phenoxy) is 1. The van der Waals surface area contributed by atoms with Crippen molar-refractivity contribution in [2.24, 2.45) is 11.8 Å². The number of carbonyl (C=O) groups is 1. The van der Waals surface area contributed by atoms with Crippen LogP contribution in [0.5, 0.6) is 0 Å². The third kappa shape index (κ3) is 4.12. The molecule has 2 bridgehead atoms.